The van der Waals surface area contributed by atoms with Crippen molar-refractivity contribution < 1.29 is 51.4 Å². The van der Waals surface area contributed by atoms with Crippen molar-refractivity contribution in [2.45, 2.75) is 135 Å². The number of rotatable bonds is 11. The Bertz CT molecular complexity index is 2230. The van der Waals surface area contributed by atoms with E-state index in [0.29, 0.717) is 81.5 Å². The number of allylic oxidation sites excluding steroid dienone is 3. The van der Waals surface area contributed by atoms with Gasteiger partial charge in [-0.2, -0.15) is 13.2 Å². The number of carbonyl (C=O) groups excluding carboxylic acids is 6. The van der Waals surface area contributed by atoms with Gasteiger partial charge in [-0.15, -0.1) is 0 Å². The highest BCUT2D eigenvalue weighted by Gasteiger charge is 2.44. The molecular formula is C49H64F3N7O8. The van der Waals surface area contributed by atoms with Crippen LogP contribution in [0.2, 0.25) is 0 Å². The first-order chi connectivity index (χ1) is 31.5. The van der Waals surface area contributed by atoms with E-state index in [1.807, 2.05) is 65.8 Å². The lowest BCUT2D eigenvalue weighted by Crippen LogP contribution is -2.57. The summed E-state index contributed by atoms with van der Waals surface area (Å²) in [6, 6.07) is 8.78. The zero-order valence-electron chi connectivity index (χ0n) is 39.6. The molecule has 2 aromatic rings. The smallest absolute Gasteiger partial charge is 0.416 e. The van der Waals surface area contributed by atoms with Crippen LogP contribution in [-0.4, -0.2) is 103 Å². The highest BCUT2D eigenvalue weighted by Crippen LogP contribution is 2.45. The minimum Gasteiger partial charge on any atom is -0.453 e. The quantitative estimate of drug-likeness (QED) is 0.177. The van der Waals surface area contributed by atoms with E-state index >= 15 is 0 Å². The number of nitrogens with one attached hydrogen (secondary N) is 4. The van der Waals surface area contributed by atoms with Crippen LogP contribution in [0.4, 0.5) is 34.1 Å². The predicted molar refractivity (Wildman–Crippen MR) is 245 cm³/mol. The van der Waals surface area contributed by atoms with E-state index in [4.69, 9.17) is 9.47 Å². The Morgan fingerprint density at radius 1 is 0.627 bits per heavy atom. The fourth-order valence-corrected chi connectivity index (χ4v) is 9.56. The van der Waals surface area contributed by atoms with Crippen molar-refractivity contribution in [2.75, 3.05) is 37.5 Å². The number of nitrogens with zero attached hydrogens (tertiary/aromatic N) is 3. The summed E-state index contributed by atoms with van der Waals surface area (Å²) in [7, 11) is 2.44. The summed E-state index contributed by atoms with van der Waals surface area (Å²) in [6.07, 6.45) is 2.43. The molecule has 0 spiro atoms. The van der Waals surface area contributed by atoms with Gasteiger partial charge in [0.05, 0.1) is 31.9 Å². The third-order valence-corrected chi connectivity index (χ3v) is 13.1. The normalized spacial score (nSPS) is 22.0. The van der Waals surface area contributed by atoms with Crippen molar-refractivity contribution in [3.8, 4) is 0 Å². The van der Waals surface area contributed by atoms with Crippen molar-refractivity contribution in [3.05, 3.63) is 83.1 Å². The molecule has 6 rings (SSSR count). The van der Waals surface area contributed by atoms with Gasteiger partial charge in [-0.25, -0.2) is 9.59 Å². The summed E-state index contributed by atoms with van der Waals surface area (Å²) < 4.78 is 50.6. The molecule has 18 heteroatoms. The van der Waals surface area contributed by atoms with Crippen molar-refractivity contribution in [1.82, 2.24) is 25.8 Å². The molecule has 4 aliphatic rings. The van der Waals surface area contributed by atoms with Gasteiger partial charge in [0.25, 0.3) is 0 Å². The first-order valence-electron chi connectivity index (χ1n) is 22.9. The number of alkyl halides is 3. The third kappa shape index (κ3) is 11.7. The minimum absolute atomic E-state index is 0.175. The maximum absolute atomic E-state index is 13.8. The molecule has 0 unspecified atom stereocenters. The van der Waals surface area contributed by atoms with Crippen LogP contribution in [0.25, 0.3) is 0 Å². The lowest BCUT2D eigenvalue weighted by atomic mass is 9.85. The Morgan fingerprint density at radius 3 is 1.57 bits per heavy atom. The third-order valence-electron chi connectivity index (χ3n) is 13.1. The molecule has 3 fully saturated rings. The Kier molecular flexibility index (Phi) is 15.4. The van der Waals surface area contributed by atoms with E-state index in [2.05, 4.69) is 26.2 Å². The zero-order chi connectivity index (χ0) is 49.0. The number of benzene rings is 2. The maximum Gasteiger partial charge on any atom is 0.416 e. The molecule has 4 N–H and O–H groups in total. The molecule has 3 saturated heterocycles. The first-order valence-corrected chi connectivity index (χ1v) is 22.9. The molecule has 67 heavy (non-hydrogen) atoms. The van der Waals surface area contributed by atoms with Gasteiger partial charge in [-0.05, 0) is 116 Å². The highest BCUT2D eigenvalue weighted by molar-refractivity contribution is 5.99. The molecule has 6 atom stereocenters. The fraction of sp³-hybridized carbons (Fsp3) is 0.551. The van der Waals surface area contributed by atoms with Crippen molar-refractivity contribution in [2.24, 2.45) is 10.8 Å². The topological polar surface area (TPSA) is 179 Å². The van der Waals surface area contributed by atoms with Crippen LogP contribution in [0.3, 0.4) is 0 Å². The van der Waals surface area contributed by atoms with Crippen molar-refractivity contribution >= 4 is 47.2 Å². The van der Waals surface area contributed by atoms with Crippen LogP contribution in [0.5, 0.6) is 0 Å². The van der Waals surface area contributed by atoms with Crippen LogP contribution in [0.1, 0.15) is 110 Å². The molecule has 3 heterocycles. The largest absolute Gasteiger partial charge is 0.453 e. The number of methoxy groups -OCH3 is 2. The molecule has 1 aliphatic carbocycles. The molecular weight excluding hydrogens is 872 g/mol. The second kappa shape index (κ2) is 20.4. The summed E-state index contributed by atoms with van der Waals surface area (Å²) in [4.78, 5) is 84.3. The van der Waals surface area contributed by atoms with E-state index in [0.717, 1.165) is 23.3 Å². The van der Waals surface area contributed by atoms with Gasteiger partial charge in [0.15, 0.2) is 0 Å². The van der Waals surface area contributed by atoms with Crippen LogP contribution < -0.4 is 26.2 Å². The Balaban J connectivity index is 1.17. The fourth-order valence-electron chi connectivity index (χ4n) is 9.56. The lowest BCUT2D eigenvalue weighted by Gasteiger charge is -2.36. The number of carbonyl (C=O) groups is 6. The number of anilines is 2. The van der Waals surface area contributed by atoms with E-state index in [1.165, 1.54) is 36.2 Å². The first kappa shape index (κ1) is 50.3. The van der Waals surface area contributed by atoms with E-state index in [1.54, 1.807) is 12.1 Å². The standard InChI is InChI=1S/C49H64F3N7O8/c1-47(2,3)39(55-45(64)66-7)43(62)57-27-9-11-37(57)41(60)53-32-19-13-29(14-20-32)35-25-26-36(59(35)34-23-17-31(18-24-34)49(50,51)52)30-15-21-33(22-16-30)54-42(61)38-12-10-28-58(38)44(63)40(48(4,5)6)56-46(65)67-8/h13-15,17-21,23-24,35-40H,9-12,16,22,25-28H2,1-8H3,(H,53,60)(H,54,61)(H,55,64)(H,56,65)/t35-,36-,37+,38+,39-,40-/m1/s1. The molecule has 0 bridgehead atoms. The number of amides is 6. The number of hydrogen-bond acceptors (Lipinski definition) is 9. The van der Waals surface area contributed by atoms with Gasteiger partial charge in [0, 0.05) is 30.2 Å². The second-order valence-electron chi connectivity index (χ2n) is 19.8. The van der Waals surface area contributed by atoms with Gasteiger partial charge in [-0.1, -0.05) is 59.8 Å². The minimum atomic E-state index is -4.51. The van der Waals surface area contributed by atoms with Crippen molar-refractivity contribution in [3.63, 3.8) is 0 Å². The Hall–Kier alpha value is -6.07. The molecule has 3 aliphatic heterocycles. The van der Waals surface area contributed by atoms with Gasteiger partial charge >= 0.3 is 18.4 Å². The van der Waals surface area contributed by atoms with E-state index in [-0.39, 0.29) is 35.7 Å². The average molecular weight is 936 g/mol. The molecule has 2 aromatic carbocycles. The SMILES string of the molecule is COC(=O)N[C@H](C(=O)N1CCC[C@H]1C(=O)NC1=CC=C([C@H]2CC[C@H](c3ccc(NC(=O)[C@@H]4CCCN4C(=O)[C@@H](NC(=O)OC)C(C)(C)C)cc3)N2c2ccc(C(F)(F)F)cc2)CC1)C(C)(C)C. The van der Waals surface area contributed by atoms with Crippen molar-refractivity contribution in [1.29, 1.82) is 0 Å². The molecule has 6 amide bonds. The predicted octanol–water partition coefficient (Wildman–Crippen LogP) is 7.60. The second-order valence-corrected chi connectivity index (χ2v) is 19.8. The number of likely N-dealkylation sites (tertiary alicyclic amines) is 2. The molecule has 0 saturated carbocycles. The number of ether oxygens (including phenoxy) is 2. The van der Waals surface area contributed by atoms with Gasteiger partial charge in [-0.3, -0.25) is 19.2 Å². The highest BCUT2D eigenvalue weighted by atomic mass is 19.4. The van der Waals surface area contributed by atoms with Gasteiger partial charge in [0.2, 0.25) is 23.6 Å². The monoisotopic (exact) mass is 935 g/mol. The average Bonchev–Trinajstić information content (AvgIpc) is 4.07. The van der Waals surface area contributed by atoms with Crippen LogP contribution in [0.15, 0.2) is 72.0 Å². The summed E-state index contributed by atoms with van der Waals surface area (Å²) in [5.74, 6) is -1.41. The Labute approximate surface area is 390 Å². The van der Waals surface area contributed by atoms with Crippen LogP contribution in [-0.2, 0) is 34.8 Å². The Morgan fingerprint density at radius 2 is 1.12 bits per heavy atom. The maximum atomic E-state index is 13.8. The number of halogens is 3. The zero-order valence-corrected chi connectivity index (χ0v) is 39.6. The molecule has 364 valence electrons. The number of hydrogen-bond donors (Lipinski definition) is 4. The molecule has 0 radical (unpaired) electrons. The number of alkyl carbamates (subject to hydrolysis) is 2. The summed E-state index contributed by atoms with van der Waals surface area (Å²) in [5, 5.41) is 11.2. The van der Waals surface area contributed by atoms with Crippen LogP contribution >= 0.6 is 0 Å². The summed E-state index contributed by atoms with van der Waals surface area (Å²) >= 11 is 0. The van der Waals surface area contributed by atoms with Crippen LogP contribution in [0, 0.1) is 10.8 Å². The lowest BCUT2D eigenvalue weighted by molar-refractivity contribution is -0.141. The van der Waals surface area contributed by atoms with E-state index in [9.17, 15) is 41.9 Å². The van der Waals surface area contributed by atoms with Gasteiger partial charge < -0.3 is 45.4 Å². The van der Waals surface area contributed by atoms with Gasteiger partial charge in [0.1, 0.15) is 24.2 Å². The summed E-state index contributed by atoms with van der Waals surface area (Å²) in [5.41, 5.74) is 1.69. The van der Waals surface area contributed by atoms with E-state index < -0.39 is 58.9 Å². The summed E-state index contributed by atoms with van der Waals surface area (Å²) in [6.45, 7) is 11.7. The molecule has 0 aromatic heterocycles. The molecule has 15 nitrogen and oxygen atoms in total.